The molecule has 2 aromatic rings. The van der Waals surface area contributed by atoms with Crippen molar-refractivity contribution in [3.05, 3.63) is 35.5 Å². The Labute approximate surface area is 137 Å². The van der Waals surface area contributed by atoms with Gasteiger partial charge in [0.15, 0.2) is 0 Å². The number of nitrogens with zero attached hydrogens (tertiary/aromatic N) is 2. The highest BCUT2D eigenvalue weighted by Gasteiger charge is 2.34. The first kappa shape index (κ1) is 16.2. The van der Waals surface area contributed by atoms with Crippen LogP contribution in [0.2, 0.25) is 0 Å². The molecule has 0 saturated carbocycles. The first-order valence-corrected chi connectivity index (χ1v) is 9.61. The molecule has 0 bridgehead atoms. The molecule has 3 rings (SSSR count). The van der Waals surface area contributed by atoms with E-state index in [4.69, 9.17) is 0 Å². The predicted molar refractivity (Wildman–Crippen MR) is 94.2 cm³/mol. The maximum atomic E-state index is 11.8. The van der Waals surface area contributed by atoms with Gasteiger partial charge in [-0.05, 0) is 32.4 Å². The van der Waals surface area contributed by atoms with Gasteiger partial charge in [0.25, 0.3) is 0 Å². The van der Waals surface area contributed by atoms with Crippen molar-refractivity contribution in [1.29, 1.82) is 0 Å². The van der Waals surface area contributed by atoms with E-state index in [2.05, 4.69) is 23.3 Å². The largest absolute Gasteiger partial charge is 0.384 e. The highest BCUT2D eigenvalue weighted by Crippen LogP contribution is 2.29. The average molecular weight is 333 g/mol. The Morgan fingerprint density at radius 3 is 2.65 bits per heavy atom. The van der Waals surface area contributed by atoms with Crippen LogP contribution in [0.15, 0.2) is 24.3 Å². The standard InChI is InChI=1S/C17H23N3O2S/c1-4-23(21,22)20-10-14(11-20)9-18-17-12(2)13(3)19-16-8-6-5-7-15(16)17/h5-8,14H,4,9-11H2,1-3H3,(H,18,19). The fraction of sp³-hybridized carbons (Fsp3) is 0.471. The van der Waals surface area contributed by atoms with E-state index in [1.54, 1.807) is 11.2 Å². The lowest BCUT2D eigenvalue weighted by atomic mass is 10.0. The van der Waals surface area contributed by atoms with Crippen molar-refractivity contribution >= 4 is 26.6 Å². The van der Waals surface area contributed by atoms with Crippen molar-refractivity contribution in [3.8, 4) is 0 Å². The van der Waals surface area contributed by atoms with Crippen LogP contribution in [-0.4, -0.2) is 43.1 Å². The van der Waals surface area contributed by atoms with Crippen LogP contribution in [0.1, 0.15) is 18.2 Å². The summed E-state index contributed by atoms with van der Waals surface area (Å²) in [6, 6.07) is 8.10. The molecule has 1 aromatic heterocycles. The SMILES string of the molecule is CCS(=O)(=O)N1CC(CNc2c(C)c(C)nc3ccccc23)C1. The molecular weight excluding hydrogens is 310 g/mol. The minimum absolute atomic E-state index is 0.181. The van der Waals surface area contributed by atoms with Crippen LogP contribution in [0.3, 0.4) is 0 Å². The molecule has 0 aliphatic carbocycles. The molecule has 0 amide bonds. The summed E-state index contributed by atoms with van der Waals surface area (Å²) in [5.74, 6) is 0.545. The van der Waals surface area contributed by atoms with Crippen LogP contribution in [0.4, 0.5) is 5.69 Å². The van der Waals surface area contributed by atoms with Crippen molar-refractivity contribution in [3.63, 3.8) is 0 Å². The number of pyridine rings is 1. The zero-order valence-electron chi connectivity index (χ0n) is 13.8. The van der Waals surface area contributed by atoms with Gasteiger partial charge in [0.05, 0.1) is 11.3 Å². The van der Waals surface area contributed by atoms with Gasteiger partial charge in [0.1, 0.15) is 0 Å². The quantitative estimate of drug-likeness (QED) is 0.913. The minimum atomic E-state index is -3.03. The van der Waals surface area contributed by atoms with Gasteiger partial charge >= 0.3 is 0 Å². The van der Waals surface area contributed by atoms with E-state index in [0.29, 0.717) is 19.0 Å². The number of para-hydroxylation sites is 1. The second-order valence-corrected chi connectivity index (χ2v) is 8.44. The Hall–Kier alpha value is -1.66. The lowest BCUT2D eigenvalue weighted by Crippen LogP contribution is -2.52. The number of nitrogens with one attached hydrogen (secondary N) is 1. The number of rotatable bonds is 5. The van der Waals surface area contributed by atoms with E-state index in [0.717, 1.165) is 34.4 Å². The molecule has 1 saturated heterocycles. The number of benzene rings is 1. The molecule has 124 valence electrons. The third-order valence-corrected chi connectivity index (χ3v) is 6.44. The molecule has 0 unspecified atom stereocenters. The predicted octanol–water partition coefficient (Wildman–Crippen LogP) is 2.55. The monoisotopic (exact) mass is 333 g/mol. The van der Waals surface area contributed by atoms with Crippen LogP contribution in [0.5, 0.6) is 0 Å². The lowest BCUT2D eigenvalue weighted by molar-refractivity contribution is 0.212. The molecule has 1 aliphatic rings. The average Bonchev–Trinajstić information content (AvgIpc) is 2.49. The van der Waals surface area contributed by atoms with Crippen LogP contribution < -0.4 is 5.32 Å². The minimum Gasteiger partial charge on any atom is -0.384 e. The molecule has 1 N–H and O–H groups in total. The Morgan fingerprint density at radius 1 is 1.26 bits per heavy atom. The Balaban J connectivity index is 1.73. The van der Waals surface area contributed by atoms with Gasteiger partial charge in [-0.2, -0.15) is 0 Å². The van der Waals surface area contributed by atoms with Gasteiger partial charge in [-0.25, -0.2) is 12.7 Å². The molecule has 1 fully saturated rings. The summed E-state index contributed by atoms with van der Waals surface area (Å²) in [7, 11) is -3.03. The second-order valence-electron chi connectivity index (χ2n) is 6.18. The summed E-state index contributed by atoms with van der Waals surface area (Å²) in [6.45, 7) is 7.80. The van der Waals surface area contributed by atoms with E-state index in [-0.39, 0.29) is 5.75 Å². The van der Waals surface area contributed by atoms with Gasteiger partial charge in [-0.1, -0.05) is 18.2 Å². The molecule has 0 radical (unpaired) electrons. The summed E-state index contributed by atoms with van der Waals surface area (Å²) < 4.78 is 25.1. The van der Waals surface area contributed by atoms with E-state index in [1.165, 1.54) is 0 Å². The molecule has 5 nitrogen and oxygen atoms in total. The summed E-state index contributed by atoms with van der Waals surface area (Å²) in [5, 5.41) is 4.65. The van der Waals surface area contributed by atoms with Crippen LogP contribution in [-0.2, 0) is 10.0 Å². The van der Waals surface area contributed by atoms with Crippen molar-refractivity contribution in [1.82, 2.24) is 9.29 Å². The number of fused-ring (bicyclic) bond motifs is 1. The van der Waals surface area contributed by atoms with Crippen LogP contribution in [0.25, 0.3) is 10.9 Å². The zero-order valence-corrected chi connectivity index (χ0v) is 14.7. The first-order chi connectivity index (χ1) is 10.9. The van der Waals surface area contributed by atoms with Crippen molar-refractivity contribution in [2.24, 2.45) is 5.92 Å². The Kier molecular flexibility index (Phi) is 4.29. The summed E-state index contributed by atoms with van der Waals surface area (Å²) in [4.78, 5) is 4.62. The lowest BCUT2D eigenvalue weighted by Gasteiger charge is -2.38. The number of hydrogen-bond donors (Lipinski definition) is 1. The van der Waals surface area contributed by atoms with Gasteiger partial charge in [-0.3, -0.25) is 4.98 Å². The first-order valence-electron chi connectivity index (χ1n) is 8.00. The fourth-order valence-corrected chi connectivity index (χ4v) is 4.21. The van der Waals surface area contributed by atoms with Crippen molar-refractivity contribution < 1.29 is 8.42 Å². The number of anilines is 1. The van der Waals surface area contributed by atoms with E-state index < -0.39 is 10.0 Å². The highest BCUT2D eigenvalue weighted by atomic mass is 32.2. The topological polar surface area (TPSA) is 62.3 Å². The Morgan fingerprint density at radius 2 is 1.96 bits per heavy atom. The Bertz CT molecular complexity index is 827. The van der Waals surface area contributed by atoms with E-state index >= 15 is 0 Å². The normalized spacial score (nSPS) is 16.5. The maximum absolute atomic E-state index is 11.8. The third-order valence-electron chi connectivity index (χ3n) is 4.63. The summed E-state index contributed by atoms with van der Waals surface area (Å²) in [6.07, 6.45) is 0. The van der Waals surface area contributed by atoms with Gasteiger partial charge < -0.3 is 5.32 Å². The van der Waals surface area contributed by atoms with Crippen LogP contribution in [0, 0.1) is 19.8 Å². The van der Waals surface area contributed by atoms with E-state index in [9.17, 15) is 8.42 Å². The zero-order chi connectivity index (χ0) is 16.6. The molecule has 6 heteroatoms. The smallest absolute Gasteiger partial charge is 0.213 e. The molecular formula is C17H23N3O2S. The molecule has 2 heterocycles. The van der Waals surface area contributed by atoms with Crippen molar-refractivity contribution in [2.75, 3.05) is 30.7 Å². The molecule has 0 atom stereocenters. The number of aromatic nitrogens is 1. The van der Waals surface area contributed by atoms with E-state index in [1.807, 2.05) is 25.1 Å². The van der Waals surface area contributed by atoms with Crippen LogP contribution >= 0.6 is 0 Å². The number of hydrogen-bond acceptors (Lipinski definition) is 4. The number of sulfonamides is 1. The highest BCUT2D eigenvalue weighted by molar-refractivity contribution is 7.89. The van der Waals surface area contributed by atoms with Gasteiger partial charge in [0, 0.05) is 42.3 Å². The molecule has 1 aromatic carbocycles. The molecule has 23 heavy (non-hydrogen) atoms. The maximum Gasteiger partial charge on any atom is 0.213 e. The second kappa shape index (κ2) is 6.09. The molecule has 0 spiro atoms. The fourth-order valence-electron chi connectivity index (χ4n) is 2.97. The third kappa shape index (κ3) is 3.05. The number of aryl methyl sites for hydroxylation is 1. The summed E-state index contributed by atoms with van der Waals surface area (Å²) >= 11 is 0. The van der Waals surface area contributed by atoms with Crippen molar-refractivity contribution in [2.45, 2.75) is 20.8 Å². The summed E-state index contributed by atoms with van der Waals surface area (Å²) in [5.41, 5.74) is 4.28. The van der Waals surface area contributed by atoms with Gasteiger partial charge in [-0.15, -0.1) is 0 Å². The van der Waals surface area contributed by atoms with Gasteiger partial charge in [0.2, 0.25) is 10.0 Å². The molecule has 1 aliphatic heterocycles.